The summed E-state index contributed by atoms with van der Waals surface area (Å²) in [7, 11) is 0. The average molecular weight is 284 g/mol. The van der Waals surface area contributed by atoms with Gasteiger partial charge in [0.1, 0.15) is 6.29 Å². The van der Waals surface area contributed by atoms with Crippen LogP contribution in [0, 0.1) is 23.2 Å². The van der Waals surface area contributed by atoms with Gasteiger partial charge in [0.2, 0.25) is 0 Å². The Morgan fingerprint density at radius 2 is 2.19 bits per heavy atom. The lowest BCUT2D eigenvalue weighted by molar-refractivity contribution is -0.104. The van der Waals surface area contributed by atoms with Crippen molar-refractivity contribution in [2.45, 2.75) is 60.3 Å². The van der Waals surface area contributed by atoms with E-state index in [0.29, 0.717) is 0 Å². The molecule has 0 spiro atoms. The van der Waals surface area contributed by atoms with Crippen LogP contribution in [0.25, 0.3) is 0 Å². The van der Waals surface area contributed by atoms with Crippen LogP contribution in [-0.2, 0) is 4.79 Å². The summed E-state index contributed by atoms with van der Waals surface area (Å²) in [5.41, 5.74) is 3.84. The molecule has 0 bridgehead atoms. The highest BCUT2D eigenvalue weighted by atomic mass is 16.1. The summed E-state index contributed by atoms with van der Waals surface area (Å²) in [6.45, 7) is 10.9. The van der Waals surface area contributed by atoms with Crippen LogP contribution in [0.15, 0.2) is 34.9 Å². The maximum atomic E-state index is 10.6. The van der Waals surface area contributed by atoms with Crippen molar-refractivity contribution in [3.8, 4) is 12.3 Å². The summed E-state index contributed by atoms with van der Waals surface area (Å²) in [6, 6.07) is 0. The van der Waals surface area contributed by atoms with E-state index in [2.05, 4.69) is 45.8 Å². The SMILES string of the molecule is C#CC(C)(C/C=C1/C(C)=CCCC1(C)C)C/C(C)=C/C=O. The third kappa shape index (κ3) is 4.74. The predicted molar refractivity (Wildman–Crippen MR) is 90.9 cm³/mol. The van der Waals surface area contributed by atoms with Crippen molar-refractivity contribution in [1.82, 2.24) is 0 Å². The molecule has 1 aliphatic carbocycles. The quantitative estimate of drug-likeness (QED) is 0.383. The fraction of sp³-hybridized carbons (Fsp3) is 0.550. The molecule has 1 heteroatoms. The lowest BCUT2D eigenvalue weighted by Crippen LogP contribution is -2.20. The van der Waals surface area contributed by atoms with Crippen molar-refractivity contribution in [2.24, 2.45) is 10.8 Å². The van der Waals surface area contributed by atoms with Crippen LogP contribution in [-0.4, -0.2) is 6.29 Å². The number of rotatable bonds is 5. The largest absolute Gasteiger partial charge is 0.299 e. The molecule has 1 atom stereocenters. The van der Waals surface area contributed by atoms with E-state index in [1.807, 2.05) is 6.92 Å². The van der Waals surface area contributed by atoms with Crippen LogP contribution in [0.3, 0.4) is 0 Å². The zero-order valence-electron chi connectivity index (χ0n) is 14.1. The first kappa shape index (κ1) is 17.5. The van der Waals surface area contributed by atoms with Crippen molar-refractivity contribution in [1.29, 1.82) is 0 Å². The molecule has 1 aliphatic rings. The fourth-order valence-electron chi connectivity index (χ4n) is 3.17. The second-order valence-electron chi connectivity index (χ2n) is 7.16. The highest BCUT2D eigenvalue weighted by molar-refractivity contribution is 5.65. The Balaban J connectivity index is 2.96. The topological polar surface area (TPSA) is 17.1 Å². The Bertz CT molecular complexity index is 523. The Labute approximate surface area is 130 Å². The van der Waals surface area contributed by atoms with E-state index < -0.39 is 0 Å². The minimum absolute atomic E-state index is 0.224. The van der Waals surface area contributed by atoms with Gasteiger partial charge in [0.05, 0.1) is 0 Å². The van der Waals surface area contributed by atoms with Crippen LogP contribution in [0.5, 0.6) is 0 Å². The first-order chi connectivity index (χ1) is 9.74. The summed E-state index contributed by atoms with van der Waals surface area (Å²) in [5, 5.41) is 0. The van der Waals surface area contributed by atoms with Gasteiger partial charge in [-0.3, -0.25) is 4.79 Å². The molecule has 0 aromatic rings. The van der Waals surface area contributed by atoms with Crippen LogP contribution in [0.4, 0.5) is 0 Å². The molecule has 0 aliphatic heterocycles. The molecule has 0 fully saturated rings. The van der Waals surface area contributed by atoms with Gasteiger partial charge in [0.15, 0.2) is 0 Å². The number of terminal acetylenes is 1. The Hall–Kier alpha value is -1.55. The standard InChI is InChI=1S/C20H28O/c1-7-20(6,15-16(2)11-14-21)13-10-18-17(3)9-8-12-19(18,4)5/h1,9-11,14H,8,12-13,15H2,2-6H3/b16-11+,18-10-. The number of aldehydes is 1. The molecule has 0 aromatic carbocycles. The fourth-order valence-corrected chi connectivity index (χ4v) is 3.17. The summed E-state index contributed by atoms with van der Waals surface area (Å²) in [5.74, 6) is 2.93. The lowest BCUT2D eigenvalue weighted by atomic mass is 9.71. The van der Waals surface area contributed by atoms with Crippen LogP contribution in [0.1, 0.15) is 60.3 Å². The minimum Gasteiger partial charge on any atom is -0.299 e. The van der Waals surface area contributed by atoms with Crippen molar-refractivity contribution in [3.05, 3.63) is 34.9 Å². The van der Waals surface area contributed by atoms with Gasteiger partial charge in [-0.2, -0.15) is 0 Å². The van der Waals surface area contributed by atoms with E-state index >= 15 is 0 Å². The molecule has 0 N–H and O–H groups in total. The molecule has 0 saturated heterocycles. The van der Waals surface area contributed by atoms with Crippen LogP contribution >= 0.6 is 0 Å². The minimum atomic E-state index is -0.232. The highest BCUT2D eigenvalue weighted by Gasteiger charge is 2.28. The molecule has 0 heterocycles. The van der Waals surface area contributed by atoms with E-state index in [9.17, 15) is 4.79 Å². The molecule has 0 amide bonds. The Morgan fingerprint density at radius 1 is 1.52 bits per heavy atom. The Kier molecular flexibility index (Phi) is 5.78. The van der Waals surface area contributed by atoms with Gasteiger partial charge in [-0.25, -0.2) is 0 Å². The van der Waals surface area contributed by atoms with E-state index in [0.717, 1.165) is 31.1 Å². The van der Waals surface area contributed by atoms with Gasteiger partial charge >= 0.3 is 0 Å². The molecule has 0 saturated carbocycles. The number of hydrogen-bond donors (Lipinski definition) is 0. The van der Waals surface area contributed by atoms with Gasteiger partial charge in [0.25, 0.3) is 0 Å². The summed E-state index contributed by atoms with van der Waals surface area (Å²) < 4.78 is 0. The number of hydrogen-bond acceptors (Lipinski definition) is 1. The summed E-state index contributed by atoms with van der Waals surface area (Å²) in [4.78, 5) is 10.6. The van der Waals surface area contributed by atoms with Gasteiger partial charge in [-0.05, 0) is 63.5 Å². The van der Waals surface area contributed by atoms with Gasteiger partial charge in [0, 0.05) is 5.41 Å². The van der Waals surface area contributed by atoms with Gasteiger partial charge < -0.3 is 0 Å². The third-order valence-corrected chi connectivity index (χ3v) is 4.50. The molecule has 1 rings (SSSR count). The zero-order valence-corrected chi connectivity index (χ0v) is 14.1. The third-order valence-electron chi connectivity index (χ3n) is 4.50. The van der Waals surface area contributed by atoms with Gasteiger partial charge in [-0.1, -0.05) is 43.1 Å². The maximum Gasteiger partial charge on any atom is 0.142 e. The van der Waals surface area contributed by atoms with Crippen LogP contribution < -0.4 is 0 Å². The number of allylic oxidation sites excluding steroid dienone is 6. The monoisotopic (exact) mass is 284 g/mol. The number of carbonyl (C=O) groups excluding carboxylic acids is 1. The second kappa shape index (κ2) is 6.94. The zero-order chi connectivity index (χ0) is 16.1. The van der Waals surface area contributed by atoms with Gasteiger partial charge in [-0.15, -0.1) is 6.42 Å². The number of carbonyl (C=O) groups is 1. The van der Waals surface area contributed by atoms with E-state index in [1.54, 1.807) is 6.08 Å². The van der Waals surface area contributed by atoms with E-state index in [4.69, 9.17) is 6.42 Å². The summed E-state index contributed by atoms with van der Waals surface area (Å²) in [6.07, 6.45) is 16.8. The van der Waals surface area contributed by atoms with E-state index in [1.165, 1.54) is 17.6 Å². The van der Waals surface area contributed by atoms with E-state index in [-0.39, 0.29) is 10.8 Å². The van der Waals surface area contributed by atoms with Crippen molar-refractivity contribution >= 4 is 6.29 Å². The van der Waals surface area contributed by atoms with Crippen molar-refractivity contribution < 1.29 is 4.79 Å². The molecule has 0 radical (unpaired) electrons. The molecule has 1 nitrogen and oxygen atoms in total. The molecule has 114 valence electrons. The molecule has 1 unspecified atom stereocenters. The van der Waals surface area contributed by atoms with Crippen LogP contribution in [0.2, 0.25) is 0 Å². The van der Waals surface area contributed by atoms with Crippen molar-refractivity contribution in [3.63, 3.8) is 0 Å². The lowest BCUT2D eigenvalue weighted by Gasteiger charge is -2.33. The first-order valence-corrected chi connectivity index (χ1v) is 7.70. The summed E-state index contributed by atoms with van der Waals surface area (Å²) >= 11 is 0. The molecular weight excluding hydrogens is 256 g/mol. The smallest absolute Gasteiger partial charge is 0.142 e. The Morgan fingerprint density at radius 3 is 2.71 bits per heavy atom. The average Bonchev–Trinajstić information content (AvgIpc) is 2.37. The first-order valence-electron chi connectivity index (χ1n) is 7.70. The molecule has 0 aromatic heterocycles. The normalized spacial score (nSPS) is 23.1. The highest BCUT2D eigenvalue weighted by Crippen LogP contribution is 2.42. The predicted octanol–water partition coefficient (Wildman–Crippen LogP) is 5.24. The van der Waals surface area contributed by atoms with Crippen molar-refractivity contribution in [2.75, 3.05) is 0 Å². The second-order valence-corrected chi connectivity index (χ2v) is 7.16. The maximum absolute atomic E-state index is 10.6. The molecular formula is C20H28O. The molecule has 21 heavy (non-hydrogen) atoms.